The topological polar surface area (TPSA) is 80.6 Å². The Morgan fingerprint density at radius 3 is 2.55 bits per heavy atom. The average molecular weight is 422 g/mol. The fraction of sp³-hybridized carbons (Fsp3) is 0.333. The quantitative estimate of drug-likeness (QED) is 0.644. The molecule has 1 saturated carbocycles. The van der Waals surface area contributed by atoms with Crippen LogP contribution in [0.15, 0.2) is 35.3 Å². The van der Waals surface area contributed by atoms with Crippen molar-refractivity contribution in [2.24, 2.45) is 0 Å². The zero-order valence-corrected chi connectivity index (χ0v) is 17.5. The molecule has 1 fully saturated rings. The Labute approximate surface area is 178 Å². The van der Waals surface area contributed by atoms with Gasteiger partial charge in [-0.15, -0.1) is 0 Å². The Hall–Kier alpha value is -3.19. The Morgan fingerprint density at radius 2 is 1.90 bits per heavy atom. The number of methoxy groups -OCH3 is 1. The Kier molecular flexibility index (Phi) is 4.41. The summed E-state index contributed by atoms with van der Waals surface area (Å²) < 4.78 is 22.9. The van der Waals surface area contributed by atoms with E-state index in [0.29, 0.717) is 11.1 Å². The number of fused-ring (bicyclic) bond motifs is 2. The van der Waals surface area contributed by atoms with Crippen molar-refractivity contribution in [2.45, 2.75) is 44.8 Å². The van der Waals surface area contributed by atoms with E-state index in [-0.39, 0.29) is 40.4 Å². The van der Waals surface area contributed by atoms with Gasteiger partial charge < -0.3 is 19.7 Å². The summed E-state index contributed by atoms with van der Waals surface area (Å²) in [5.41, 5.74) is 2.60. The molecule has 0 spiro atoms. The van der Waals surface area contributed by atoms with E-state index in [0.717, 1.165) is 24.5 Å². The van der Waals surface area contributed by atoms with Gasteiger partial charge in [-0.3, -0.25) is 4.79 Å². The minimum atomic E-state index is -1.32. The molecule has 0 radical (unpaired) electrons. The number of rotatable bonds is 4. The minimum Gasteiger partial charge on any atom is -0.494 e. The Morgan fingerprint density at radius 1 is 1.19 bits per heavy atom. The van der Waals surface area contributed by atoms with Crippen molar-refractivity contribution < 1.29 is 19.0 Å². The molecule has 2 N–H and O–H groups in total. The van der Waals surface area contributed by atoms with Crippen molar-refractivity contribution in [1.29, 1.82) is 0 Å². The van der Waals surface area contributed by atoms with Crippen molar-refractivity contribution in [1.82, 2.24) is 9.88 Å². The first-order valence-electron chi connectivity index (χ1n) is 10.4. The summed E-state index contributed by atoms with van der Waals surface area (Å²) >= 11 is 0. The number of nitrogens with zero attached hydrogens (tertiary/aromatic N) is 1. The van der Waals surface area contributed by atoms with Crippen LogP contribution in [0.25, 0.3) is 22.0 Å². The number of carbonyl (C=O) groups is 1. The zero-order chi connectivity index (χ0) is 22.0. The van der Waals surface area contributed by atoms with Crippen LogP contribution >= 0.6 is 0 Å². The number of carboxylic acid groups (broad SMARTS) is 1. The van der Waals surface area contributed by atoms with Crippen LogP contribution in [-0.4, -0.2) is 22.8 Å². The summed E-state index contributed by atoms with van der Waals surface area (Å²) in [6.07, 6.45) is 3.10. The van der Waals surface area contributed by atoms with E-state index in [1.807, 2.05) is 18.2 Å². The van der Waals surface area contributed by atoms with Crippen molar-refractivity contribution in [3.05, 3.63) is 63.2 Å². The van der Waals surface area contributed by atoms with E-state index in [1.54, 1.807) is 4.57 Å². The van der Waals surface area contributed by atoms with Crippen LogP contribution < -0.4 is 15.5 Å². The smallest absolute Gasteiger partial charge is 0.341 e. The lowest BCUT2D eigenvalue weighted by Gasteiger charge is -2.19. The molecule has 7 heteroatoms. The van der Waals surface area contributed by atoms with Crippen molar-refractivity contribution in [3.63, 3.8) is 0 Å². The summed E-state index contributed by atoms with van der Waals surface area (Å²) in [5, 5.41) is 13.0. The van der Waals surface area contributed by atoms with E-state index < -0.39 is 17.2 Å². The maximum atomic E-state index is 15.4. The number of aromatic carboxylic acids is 1. The maximum Gasteiger partial charge on any atom is 0.341 e. The molecule has 0 bridgehead atoms. The summed E-state index contributed by atoms with van der Waals surface area (Å²) in [6.45, 7) is 4.16. The molecule has 2 atom stereocenters. The van der Waals surface area contributed by atoms with E-state index in [4.69, 9.17) is 4.74 Å². The van der Waals surface area contributed by atoms with E-state index >= 15 is 4.39 Å². The highest BCUT2D eigenvalue weighted by molar-refractivity contribution is 5.98. The zero-order valence-electron chi connectivity index (χ0n) is 17.5. The predicted octanol–water partition coefficient (Wildman–Crippen LogP) is 4.57. The van der Waals surface area contributed by atoms with Crippen molar-refractivity contribution >= 4 is 16.9 Å². The second-order valence-electron chi connectivity index (χ2n) is 8.43. The summed E-state index contributed by atoms with van der Waals surface area (Å²) in [6, 6.07) is 7.41. The van der Waals surface area contributed by atoms with Crippen LogP contribution in [0.1, 0.15) is 66.3 Å². The van der Waals surface area contributed by atoms with E-state index in [2.05, 4.69) is 19.2 Å². The van der Waals surface area contributed by atoms with Gasteiger partial charge in [0.05, 0.1) is 23.6 Å². The van der Waals surface area contributed by atoms with Gasteiger partial charge in [0.25, 0.3) is 0 Å². The summed E-state index contributed by atoms with van der Waals surface area (Å²) in [4.78, 5) is 24.5. The average Bonchev–Trinajstić information content (AvgIpc) is 3.53. The third-order valence-electron chi connectivity index (χ3n) is 6.41. The molecule has 31 heavy (non-hydrogen) atoms. The highest BCUT2D eigenvalue weighted by Crippen LogP contribution is 2.45. The molecular formula is C24H23FN2O4. The van der Waals surface area contributed by atoms with Gasteiger partial charge in [0, 0.05) is 24.3 Å². The Balaban J connectivity index is 1.84. The first-order chi connectivity index (χ1) is 14.8. The van der Waals surface area contributed by atoms with Gasteiger partial charge in [-0.1, -0.05) is 12.1 Å². The molecule has 0 saturated heterocycles. The first-order valence-corrected chi connectivity index (χ1v) is 10.4. The number of hydrogen-bond donors (Lipinski definition) is 2. The lowest BCUT2D eigenvalue weighted by atomic mass is 9.94. The molecule has 3 aromatic rings. The molecule has 6 nitrogen and oxygen atoms in total. The van der Waals surface area contributed by atoms with Crippen LogP contribution in [0.2, 0.25) is 0 Å². The van der Waals surface area contributed by atoms with Crippen molar-refractivity contribution in [2.75, 3.05) is 7.11 Å². The highest BCUT2D eigenvalue weighted by atomic mass is 19.1. The second kappa shape index (κ2) is 6.92. The molecular weight excluding hydrogens is 399 g/mol. The van der Waals surface area contributed by atoms with Gasteiger partial charge in [-0.2, -0.15) is 0 Å². The van der Waals surface area contributed by atoms with Crippen LogP contribution in [0.3, 0.4) is 0 Å². The minimum absolute atomic E-state index is 0.0229. The molecule has 1 aliphatic carbocycles. The maximum absolute atomic E-state index is 15.4. The number of ether oxygens (including phenoxy) is 1. The number of aromatic nitrogens is 1. The third-order valence-corrected chi connectivity index (χ3v) is 6.41. The van der Waals surface area contributed by atoms with Gasteiger partial charge in [0.15, 0.2) is 5.75 Å². The van der Waals surface area contributed by atoms with Crippen LogP contribution in [-0.2, 0) is 0 Å². The standard InChI is InChI=1S/C24H23FN2O4/c1-11-15-7-4-13(8-16(15)12(2)26-11)20-19(25)9-17-21(23(20)31-3)27(14-5-6-14)10-18(22(17)28)24(29)30/h4,7-12,14,26H,5-6H2,1-3H3,(H,29,30). The summed E-state index contributed by atoms with van der Waals surface area (Å²) in [5.74, 6) is -1.68. The van der Waals surface area contributed by atoms with Gasteiger partial charge >= 0.3 is 5.97 Å². The molecule has 1 aliphatic heterocycles. The molecule has 2 unspecified atom stereocenters. The third kappa shape index (κ3) is 2.95. The number of pyridine rings is 1. The van der Waals surface area contributed by atoms with E-state index in [9.17, 15) is 14.7 Å². The van der Waals surface area contributed by atoms with Crippen molar-refractivity contribution in [3.8, 4) is 16.9 Å². The van der Waals surface area contributed by atoms with E-state index in [1.165, 1.54) is 18.9 Å². The number of halogens is 1. The molecule has 5 rings (SSSR count). The highest BCUT2D eigenvalue weighted by Gasteiger charge is 2.31. The Bertz CT molecular complexity index is 1310. The molecule has 160 valence electrons. The SMILES string of the molecule is COc1c(-c2ccc3c(c2)C(C)NC3C)c(F)cc2c(=O)c(C(=O)O)cn(C3CC3)c12. The molecule has 0 amide bonds. The fourth-order valence-electron chi connectivity index (χ4n) is 4.77. The number of benzene rings is 2. The molecule has 2 aliphatic rings. The second-order valence-corrected chi connectivity index (χ2v) is 8.43. The lowest BCUT2D eigenvalue weighted by molar-refractivity contribution is 0.0695. The number of hydrogen-bond acceptors (Lipinski definition) is 4. The van der Waals surface area contributed by atoms with Gasteiger partial charge in [-0.25, -0.2) is 9.18 Å². The van der Waals surface area contributed by atoms with Crippen LogP contribution in [0.5, 0.6) is 5.75 Å². The van der Waals surface area contributed by atoms with Crippen LogP contribution in [0.4, 0.5) is 4.39 Å². The van der Waals surface area contributed by atoms with Gasteiger partial charge in [0.2, 0.25) is 5.43 Å². The monoisotopic (exact) mass is 422 g/mol. The van der Waals surface area contributed by atoms with Gasteiger partial charge in [-0.05, 0) is 55.5 Å². The largest absolute Gasteiger partial charge is 0.494 e. The molecule has 2 heterocycles. The normalized spacial score (nSPS) is 20.1. The van der Waals surface area contributed by atoms with Crippen LogP contribution in [0, 0.1) is 5.82 Å². The fourth-order valence-corrected chi connectivity index (χ4v) is 4.77. The predicted molar refractivity (Wildman–Crippen MR) is 115 cm³/mol. The number of nitrogens with one attached hydrogen (secondary N) is 1. The first kappa shape index (κ1) is 19.8. The lowest BCUT2D eigenvalue weighted by Crippen LogP contribution is -2.19. The molecule has 2 aromatic carbocycles. The summed E-state index contributed by atoms with van der Waals surface area (Å²) in [7, 11) is 1.45. The number of carboxylic acids is 1. The van der Waals surface area contributed by atoms with Gasteiger partial charge in [0.1, 0.15) is 11.4 Å². The molecule has 1 aromatic heterocycles.